The number of carbonyl (C=O) groups is 2. The topological polar surface area (TPSA) is 71.1 Å². The van der Waals surface area contributed by atoms with E-state index in [-0.39, 0.29) is 18.5 Å². The maximum Gasteiger partial charge on any atom is 0.322 e. The van der Waals surface area contributed by atoms with Gasteiger partial charge in [-0.3, -0.25) is 4.79 Å². The summed E-state index contributed by atoms with van der Waals surface area (Å²) in [5, 5.41) is 3.06. The maximum atomic E-state index is 13.3. The van der Waals surface area contributed by atoms with Crippen molar-refractivity contribution in [2.24, 2.45) is 0 Å². The molecule has 2 aromatic rings. The molecule has 1 heterocycles. The van der Waals surface area contributed by atoms with Crippen LogP contribution in [0, 0.1) is 13.8 Å². The average molecular weight is 482 g/mol. The number of nitrogens with one attached hydrogen (secondary N) is 1. The average Bonchev–Trinajstić information content (AvgIpc) is 2.86. The van der Waals surface area contributed by atoms with Crippen LogP contribution in [0.4, 0.5) is 10.5 Å². The van der Waals surface area contributed by atoms with E-state index >= 15 is 0 Å². The lowest BCUT2D eigenvalue weighted by molar-refractivity contribution is -0.132. The monoisotopic (exact) mass is 481 g/mol. The van der Waals surface area contributed by atoms with Crippen LogP contribution in [0.2, 0.25) is 0 Å². The van der Waals surface area contributed by atoms with E-state index in [9.17, 15) is 9.59 Å². The van der Waals surface area contributed by atoms with E-state index in [2.05, 4.69) is 12.2 Å². The van der Waals surface area contributed by atoms with E-state index in [1.807, 2.05) is 49.1 Å². The van der Waals surface area contributed by atoms with Gasteiger partial charge in [-0.2, -0.15) is 0 Å². The summed E-state index contributed by atoms with van der Waals surface area (Å²) in [6, 6.07) is 9.65. The van der Waals surface area contributed by atoms with E-state index in [1.165, 1.54) is 0 Å². The highest BCUT2D eigenvalue weighted by molar-refractivity contribution is 5.93. The second kappa shape index (κ2) is 12.5. The molecule has 1 aliphatic heterocycles. The minimum atomic E-state index is -0.226. The molecule has 3 amide bonds. The number of hydrogen-bond donors (Lipinski definition) is 1. The van der Waals surface area contributed by atoms with Crippen LogP contribution in [-0.4, -0.2) is 55.6 Å². The summed E-state index contributed by atoms with van der Waals surface area (Å²) < 4.78 is 10.9. The van der Waals surface area contributed by atoms with Gasteiger partial charge in [0.15, 0.2) is 11.5 Å². The van der Waals surface area contributed by atoms with Crippen molar-refractivity contribution in [3.8, 4) is 11.5 Å². The molecular weight excluding hydrogens is 442 g/mol. The van der Waals surface area contributed by atoms with E-state index < -0.39 is 0 Å². The number of anilines is 1. The van der Waals surface area contributed by atoms with E-state index in [0.29, 0.717) is 31.1 Å². The molecule has 35 heavy (non-hydrogen) atoms. The first-order valence-electron chi connectivity index (χ1n) is 12.5. The number of hydrogen-bond acceptors (Lipinski definition) is 4. The number of methoxy groups -OCH3 is 2. The minimum absolute atomic E-state index is 0.0439. The van der Waals surface area contributed by atoms with Crippen LogP contribution in [-0.2, 0) is 17.8 Å². The van der Waals surface area contributed by atoms with Gasteiger partial charge in [-0.05, 0) is 61.1 Å². The molecule has 0 spiro atoms. The molecule has 190 valence electrons. The number of urea groups is 1. The maximum absolute atomic E-state index is 13.3. The normalized spacial score (nSPS) is 12.7. The Morgan fingerprint density at radius 1 is 1.00 bits per heavy atom. The second-order valence-corrected chi connectivity index (χ2v) is 9.22. The summed E-state index contributed by atoms with van der Waals surface area (Å²) >= 11 is 0. The largest absolute Gasteiger partial charge is 0.493 e. The Morgan fingerprint density at radius 3 is 2.29 bits per heavy atom. The summed E-state index contributed by atoms with van der Waals surface area (Å²) in [7, 11) is 3.24. The molecule has 7 heteroatoms. The van der Waals surface area contributed by atoms with Crippen LogP contribution < -0.4 is 14.8 Å². The van der Waals surface area contributed by atoms with Crippen molar-refractivity contribution in [2.45, 2.75) is 59.4 Å². The summed E-state index contributed by atoms with van der Waals surface area (Å²) in [5.74, 6) is 1.32. The van der Waals surface area contributed by atoms with Gasteiger partial charge in [0, 0.05) is 25.3 Å². The van der Waals surface area contributed by atoms with E-state index in [0.717, 1.165) is 60.0 Å². The number of ether oxygens (including phenoxy) is 2. The molecular formula is C28H39N3O4. The third-order valence-corrected chi connectivity index (χ3v) is 6.68. The van der Waals surface area contributed by atoms with Crippen molar-refractivity contribution in [3.05, 3.63) is 52.6 Å². The Morgan fingerprint density at radius 2 is 1.66 bits per heavy atom. The first-order chi connectivity index (χ1) is 16.9. The molecule has 0 radical (unpaired) electrons. The van der Waals surface area contributed by atoms with Gasteiger partial charge in [0.1, 0.15) is 6.54 Å². The number of carbonyl (C=O) groups excluding carboxylic acids is 2. The van der Waals surface area contributed by atoms with Crippen LogP contribution in [0.1, 0.15) is 54.9 Å². The number of benzene rings is 2. The van der Waals surface area contributed by atoms with Crippen LogP contribution in [0.15, 0.2) is 30.3 Å². The molecule has 0 aliphatic carbocycles. The van der Waals surface area contributed by atoms with Gasteiger partial charge in [0.2, 0.25) is 5.91 Å². The van der Waals surface area contributed by atoms with Crippen molar-refractivity contribution in [1.29, 1.82) is 0 Å². The molecule has 0 saturated heterocycles. The predicted octanol–water partition coefficient (Wildman–Crippen LogP) is 5.32. The Labute approximate surface area is 209 Å². The molecule has 3 rings (SSSR count). The number of fused-ring (bicyclic) bond motifs is 1. The fourth-order valence-electron chi connectivity index (χ4n) is 4.54. The molecule has 0 atom stereocenters. The van der Waals surface area contributed by atoms with Gasteiger partial charge in [-0.15, -0.1) is 0 Å². The molecule has 7 nitrogen and oxygen atoms in total. The molecule has 0 unspecified atom stereocenters. The number of unbranched alkanes of at least 4 members (excludes halogenated alkanes) is 3. The molecule has 2 aromatic carbocycles. The predicted molar refractivity (Wildman–Crippen MR) is 139 cm³/mol. The smallest absolute Gasteiger partial charge is 0.322 e. The van der Waals surface area contributed by atoms with Crippen molar-refractivity contribution in [1.82, 2.24) is 9.80 Å². The molecule has 1 aliphatic rings. The van der Waals surface area contributed by atoms with Gasteiger partial charge in [-0.25, -0.2) is 4.79 Å². The number of rotatable bonds is 10. The van der Waals surface area contributed by atoms with Gasteiger partial charge in [0.05, 0.1) is 14.2 Å². The van der Waals surface area contributed by atoms with Crippen molar-refractivity contribution < 1.29 is 19.1 Å². The van der Waals surface area contributed by atoms with Crippen LogP contribution in [0.25, 0.3) is 0 Å². The molecule has 0 aromatic heterocycles. The Kier molecular flexibility index (Phi) is 9.40. The van der Waals surface area contributed by atoms with Gasteiger partial charge in [0.25, 0.3) is 0 Å². The number of nitrogens with zero attached hydrogens (tertiary/aromatic N) is 2. The van der Waals surface area contributed by atoms with Gasteiger partial charge < -0.3 is 24.6 Å². The quantitative estimate of drug-likeness (QED) is 0.466. The fraction of sp³-hybridized carbons (Fsp3) is 0.500. The van der Waals surface area contributed by atoms with Crippen LogP contribution >= 0.6 is 0 Å². The molecule has 0 saturated carbocycles. The third kappa shape index (κ3) is 6.68. The zero-order valence-electron chi connectivity index (χ0n) is 21.8. The van der Waals surface area contributed by atoms with E-state index in [1.54, 1.807) is 19.1 Å². The van der Waals surface area contributed by atoms with Crippen molar-refractivity contribution >= 4 is 17.6 Å². The number of amides is 3. The highest BCUT2D eigenvalue weighted by Gasteiger charge is 2.26. The Bertz CT molecular complexity index is 1020. The molecule has 1 N–H and O–H groups in total. The summed E-state index contributed by atoms with van der Waals surface area (Å²) in [5.41, 5.74) is 5.05. The second-order valence-electron chi connectivity index (χ2n) is 9.22. The lowest BCUT2D eigenvalue weighted by Gasteiger charge is -2.32. The SMILES string of the molecule is CCCCCCN(CC(=O)N1CCc2cc(OC)c(OC)cc2C1)C(=O)Nc1c(C)cccc1C. The number of aryl methyl sites for hydroxylation is 2. The van der Waals surface area contributed by atoms with Crippen molar-refractivity contribution in [2.75, 3.05) is 39.2 Å². The van der Waals surface area contributed by atoms with Crippen LogP contribution in [0.5, 0.6) is 11.5 Å². The first-order valence-corrected chi connectivity index (χ1v) is 12.5. The summed E-state index contributed by atoms with van der Waals surface area (Å²) in [4.78, 5) is 30.1. The Balaban J connectivity index is 1.72. The lowest BCUT2D eigenvalue weighted by Crippen LogP contribution is -2.46. The molecule has 0 fully saturated rings. The molecule has 0 bridgehead atoms. The standard InChI is InChI=1S/C28H39N3O4/c1-6-7-8-9-14-31(28(33)29-27-20(2)11-10-12-21(27)3)19-26(32)30-15-13-22-16-24(34-4)25(35-5)17-23(22)18-30/h10-12,16-17H,6-9,13-15,18-19H2,1-5H3,(H,29,33). The number of para-hydroxylation sites is 1. The van der Waals surface area contributed by atoms with Gasteiger partial charge in [-0.1, -0.05) is 44.4 Å². The van der Waals surface area contributed by atoms with Crippen molar-refractivity contribution in [3.63, 3.8) is 0 Å². The zero-order chi connectivity index (χ0) is 25.4. The highest BCUT2D eigenvalue weighted by Crippen LogP contribution is 2.33. The zero-order valence-corrected chi connectivity index (χ0v) is 21.8. The van der Waals surface area contributed by atoms with E-state index in [4.69, 9.17) is 9.47 Å². The lowest BCUT2D eigenvalue weighted by atomic mass is 9.98. The Hall–Kier alpha value is -3.22. The minimum Gasteiger partial charge on any atom is -0.493 e. The first kappa shape index (κ1) is 26.4. The third-order valence-electron chi connectivity index (χ3n) is 6.68. The van der Waals surface area contributed by atoms with Gasteiger partial charge >= 0.3 is 6.03 Å². The van der Waals surface area contributed by atoms with Crippen LogP contribution in [0.3, 0.4) is 0 Å². The highest BCUT2D eigenvalue weighted by atomic mass is 16.5. The fourth-order valence-corrected chi connectivity index (χ4v) is 4.54. The summed E-state index contributed by atoms with van der Waals surface area (Å²) in [6.07, 6.45) is 4.90. The summed E-state index contributed by atoms with van der Waals surface area (Å²) in [6.45, 7) is 7.85.